The summed E-state index contributed by atoms with van der Waals surface area (Å²) in [6.07, 6.45) is 21.1. The fourth-order valence-corrected chi connectivity index (χ4v) is 6.49. The van der Waals surface area contributed by atoms with Gasteiger partial charge in [0.05, 0.1) is 10.1 Å². The molecule has 0 amide bonds. The second kappa shape index (κ2) is 20.9. The Morgan fingerprint density at radius 1 is 0.651 bits per heavy atom. The number of allylic oxidation sites excluding steroid dienone is 10. The first kappa shape index (κ1) is 38.1. The van der Waals surface area contributed by atoms with Gasteiger partial charge >= 0.3 is 5.97 Å². The van der Waals surface area contributed by atoms with Gasteiger partial charge in [-0.15, -0.1) is 0 Å². The van der Waals surface area contributed by atoms with Crippen molar-refractivity contribution in [2.45, 2.75) is 123 Å². The number of hydrogen-bond acceptors (Lipinski definition) is 4. The molecule has 238 valence electrons. The molecule has 0 saturated heterocycles. The Morgan fingerprint density at radius 3 is 1.63 bits per heavy atom. The highest BCUT2D eigenvalue weighted by molar-refractivity contribution is 7.92. The highest BCUT2D eigenvalue weighted by Crippen LogP contribution is 2.26. The van der Waals surface area contributed by atoms with Crippen molar-refractivity contribution in [3.63, 3.8) is 0 Å². The molecule has 1 atom stereocenters. The monoisotopic (exact) mass is 608 g/mol. The van der Waals surface area contributed by atoms with Gasteiger partial charge in [-0.3, -0.25) is 4.79 Å². The van der Waals surface area contributed by atoms with Crippen LogP contribution < -0.4 is 0 Å². The fourth-order valence-electron chi connectivity index (χ4n) is 4.69. The first-order valence-corrected chi connectivity index (χ1v) is 17.2. The van der Waals surface area contributed by atoms with Gasteiger partial charge in [0.2, 0.25) is 0 Å². The van der Waals surface area contributed by atoms with E-state index in [1.165, 1.54) is 34.8 Å². The minimum atomic E-state index is -3.52. The van der Waals surface area contributed by atoms with E-state index in [1.807, 2.05) is 26.0 Å². The third-order valence-corrected chi connectivity index (χ3v) is 9.75. The van der Waals surface area contributed by atoms with Crippen LogP contribution in [0.5, 0.6) is 0 Å². The van der Waals surface area contributed by atoms with Crippen LogP contribution in [0.1, 0.15) is 113 Å². The predicted octanol–water partition coefficient (Wildman–Crippen LogP) is 10.6. The van der Waals surface area contributed by atoms with Crippen LogP contribution in [0.15, 0.2) is 105 Å². The molecule has 0 aliphatic carbocycles. The van der Waals surface area contributed by atoms with E-state index in [-0.39, 0.29) is 5.97 Å². The summed E-state index contributed by atoms with van der Waals surface area (Å²) in [5, 5.41) is -0.583. The van der Waals surface area contributed by atoms with Crippen molar-refractivity contribution in [3.8, 4) is 0 Å². The van der Waals surface area contributed by atoms with Gasteiger partial charge in [0.1, 0.15) is 6.61 Å². The lowest BCUT2D eigenvalue weighted by molar-refractivity contribution is -0.139. The second-order valence-corrected chi connectivity index (χ2v) is 14.1. The van der Waals surface area contributed by atoms with E-state index >= 15 is 0 Å². The zero-order chi connectivity index (χ0) is 32.3. The summed E-state index contributed by atoms with van der Waals surface area (Å²) in [5.41, 5.74) is 7.38. The maximum atomic E-state index is 13.7. The number of rotatable bonds is 19. The highest BCUT2D eigenvalue weighted by atomic mass is 32.2. The Morgan fingerprint density at radius 2 is 1.12 bits per heavy atom. The zero-order valence-electron chi connectivity index (χ0n) is 28.0. The summed E-state index contributed by atoms with van der Waals surface area (Å²) in [5.74, 6) is -0.266. The average Bonchev–Trinajstić information content (AvgIpc) is 2.93. The molecule has 43 heavy (non-hydrogen) atoms. The molecule has 0 bridgehead atoms. The largest absolute Gasteiger partial charge is 0.462 e. The number of ether oxygens (including phenoxy) is 1. The van der Waals surface area contributed by atoms with Crippen molar-refractivity contribution in [1.82, 2.24) is 0 Å². The summed E-state index contributed by atoms with van der Waals surface area (Å²) in [6.45, 7) is 16.4. The molecule has 0 radical (unpaired) electrons. The van der Waals surface area contributed by atoms with Crippen LogP contribution in [-0.4, -0.2) is 26.2 Å². The first-order chi connectivity index (χ1) is 20.3. The van der Waals surface area contributed by atoms with Crippen LogP contribution in [0.25, 0.3) is 0 Å². The van der Waals surface area contributed by atoms with Gasteiger partial charge < -0.3 is 4.74 Å². The van der Waals surface area contributed by atoms with Crippen molar-refractivity contribution < 1.29 is 17.9 Å². The molecule has 0 aliphatic heterocycles. The molecular weight excluding hydrogens is 552 g/mol. The number of hydrogen-bond donors (Lipinski definition) is 0. The van der Waals surface area contributed by atoms with Crippen molar-refractivity contribution in [2.75, 3.05) is 6.61 Å². The smallest absolute Gasteiger partial charge is 0.302 e. The van der Waals surface area contributed by atoms with Gasteiger partial charge in [-0.25, -0.2) is 8.42 Å². The van der Waals surface area contributed by atoms with Gasteiger partial charge in [0, 0.05) is 6.92 Å². The van der Waals surface area contributed by atoms with Gasteiger partial charge in [0.15, 0.2) is 9.84 Å². The number of carbonyl (C=O) groups is 1. The fraction of sp³-hybridized carbons (Fsp3) is 0.500. The quantitative estimate of drug-likeness (QED) is 0.116. The Labute approximate surface area is 263 Å². The zero-order valence-corrected chi connectivity index (χ0v) is 28.9. The number of carbonyl (C=O) groups excluding carboxylic acids is 1. The number of sulfone groups is 1. The lowest BCUT2D eigenvalue weighted by Crippen LogP contribution is -2.22. The van der Waals surface area contributed by atoms with Crippen molar-refractivity contribution in [2.24, 2.45) is 0 Å². The summed E-state index contributed by atoms with van der Waals surface area (Å²) in [7, 11) is -3.52. The minimum Gasteiger partial charge on any atom is -0.462 e. The van der Waals surface area contributed by atoms with E-state index in [0.29, 0.717) is 17.9 Å². The first-order valence-electron chi connectivity index (χ1n) is 15.7. The molecule has 0 N–H and O–H groups in total. The topological polar surface area (TPSA) is 60.4 Å². The Balaban J connectivity index is 2.87. The van der Waals surface area contributed by atoms with E-state index in [9.17, 15) is 13.2 Å². The van der Waals surface area contributed by atoms with Crippen LogP contribution in [0, 0.1) is 0 Å². The van der Waals surface area contributed by atoms with E-state index in [0.717, 1.165) is 56.9 Å². The van der Waals surface area contributed by atoms with Gasteiger partial charge in [-0.1, -0.05) is 82.0 Å². The van der Waals surface area contributed by atoms with E-state index < -0.39 is 15.1 Å². The molecule has 0 aliphatic rings. The van der Waals surface area contributed by atoms with Crippen LogP contribution in [-0.2, 0) is 19.4 Å². The van der Waals surface area contributed by atoms with Crippen molar-refractivity contribution in [1.29, 1.82) is 0 Å². The predicted molar refractivity (Wildman–Crippen MR) is 184 cm³/mol. The van der Waals surface area contributed by atoms with Crippen LogP contribution in [0.3, 0.4) is 0 Å². The van der Waals surface area contributed by atoms with E-state index in [4.69, 9.17) is 4.74 Å². The molecule has 4 nitrogen and oxygen atoms in total. The van der Waals surface area contributed by atoms with Gasteiger partial charge in [-0.2, -0.15) is 0 Å². The summed E-state index contributed by atoms with van der Waals surface area (Å²) >= 11 is 0. The Bertz CT molecular complexity index is 1280. The number of benzene rings is 1. The van der Waals surface area contributed by atoms with Crippen LogP contribution in [0.4, 0.5) is 0 Å². The molecule has 1 unspecified atom stereocenters. The van der Waals surface area contributed by atoms with Crippen molar-refractivity contribution in [3.05, 3.63) is 100 Å². The molecule has 0 fully saturated rings. The molecule has 5 heteroatoms. The van der Waals surface area contributed by atoms with Gasteiger partial charge in [-0.05, 0) is 124 Å². The summed E-state index contributed by atoms with van der Waals surface area (Å²) in [4.78, 5) is 11.3. The third kappa shape index (κ3) is 17.1. The highest BCUT2D eigenvalue weighted by Gasteiger charge is 2.27. The SMILES string of the molecule is CC(=O)OC/C=C(\C)CC/C=C(\C)CC/C=C(\C)C(C/C=C(\C)CC/C=C(\C)CCC=C(C)C)S(=O)(=O)c1ccccc1. The lowest BCUT2D eigenvalue weighted by atomic mass is 10.0. The molecule has 0 spiro atoms. The normalized spacial score (nSPS) is 14.5. The maximum Gasteiger partial charge on any atom is 0.302 e. The Kier molecular flexibility index (Phi) is 18.5. The van der Waals surface area contributed by atoms with Gasteiger partial charge in [0.25, 0.3) is 0 Å². The van der Waals surface area contributed by atoms with Crippen molar-refractivity contribution >= 4 is 15.8 Å². The molecule has 0 heterocycles. The van der Waals surface area contributed by atoms with E-state index in [1.54, 1.807) is 24.3 Å². The molecule has 0 aromatic heterocycles. The third-order valence-electron chi connectivity index (χ3n) is 7.51. The molecule has 1 aromatic rings. The molecule has 1 aromatic carbocycles. The molecular formula is C38H56O4S. The average molecular weight is 609 g/mol. The Hall–Kier alpha value is -2.92. The van der Waals surface area contributed by atoms with Crippen LogP contribution in [0.2, 0.25) is 0 Å². The molecule has 1 rings (SSSR count). The lowest BCUT2D eigenvalue weighted by Gasteiger charge is -2.18. The molecule has 0 saturated carbocycles. The number of esters is 1. The van der Waals surface area contributed by atoms with Crippen LogP contribution >= 0.6 is 0 Å². The second-order valence-electron chi connectivity index (χ2n) is 12.0. The maximum absolute atomic E-state index is 13.7. The minimum absolute atomic E-state index is 0.266. The van der Waals surface area contributed by atoms with E-state index in [2.05, 4.69) is 65.0 Å². The summed E-state index contributed by atoms with van der Waals surface area (Å²) < 4.78 is 32.4. The summed E-state index contributed by atoms with van der Waals surface area (Å²) in [6, 6.07) is 8.83. The standard InChI is InChI=1S/C38H56O4S/c1-30(2)16-12-17-31(3)18-13-20-33(5)26-27-38(43(40,41)37-24-10-9-11-25-37)35(7)23-15-22-32(4)19-14-21-34(6)28-29-42-36(8)39/h9-11,16,18-19,23-26,28,38H,12-15,17,20-22,27,29H2,1-8H3/b31-18+,32-19+,33-26+,34-28+,35-23+.